The number of nitrogens with one attached hydrogen (secondary N) is 5. The first-order valence-electron chi connectivity index (χ1n) is 20.1. The van der Waals surface area contributed by atoms with Crippen LogP contribution < -0.4 is 38.1 Å². The molecule has 0 spiro atoms. The Labute approximate surface area is 356 Å². The maximum Gasteiger partial charge on any atom is 0.244 e. The largest absolute Gasteiger partial charge is 0.508 e. The molecule has 3 atom stereocenters. The van der Waals surface area contributed by atoms with Gasteiger partial charge in [-0.2, -0.15) is 11.8 Å². The van der Waals surface area contributed by atoms with Crippen molar-refractivity contribution in [3.63, 3.8) is 0 Å². The summed E-state index contributed by atoms with van der Waals surface area (Å²) >= 11 is 1.49. The Bertz CT molecular complexity index is 2070. The van der Waals surface area contributed by atoms with Gasteiger partial charge in [-0.05, 0) is 71.3 Å². The summed E-state index contributed by atoms with van der Waals surface area (Å²) in [5.74, 6) is -0.917. The number of nitrogens with two attached hydrogens (primary N) is 2. The molecule has 0 saturated heterocycles. The Morgan fingerprint density at radius 3 is 1.78 bits per heavy atom. The number of aromatic hydroxyl groups is 1. The van der Waals surface area contributed by atoms with Crippen LogP contribution in [0.2, 0.25) is 0 Å². The molecule has 0 fully saturated rings. The van der Waals surface area contributed by atoms with E-state index >= 15 is 0 Å². The molecule has 12 nitrogen and oxygen atoms in total. The molecule has 13 heteroatoms. The van der Waals surface area contributed by atoms with Crippen molar-refractivity contribution in [1.29, 1.82) is 0 Å². The fourth-order valence-electron chi connectivity index (χ4n) is 6.49. The molecule has 0 radical (unpaired) electrons. The smallest absolute Gasteiger partial charge is 0.244 e. The highest BCUT2D eigenvalue weighted by atomic mass is 32.2. The number of carbonyl (C=O) groups excluding carboxylic acids is 4. The van der Waals surface area contributed by atoms with Crippen molar-refractivity contribution < 1.29 is 24.3 Å². The van der Waals surface area contributed by atoms with Crippen LogP contribution in [-0.4, -0.2) is 72.0 Å². The molecule has 0 aromatic heterocycles. The van der Waals surface area contributed by atoms with E-state index < -0.39 is 42.1 Å². The molecule has 0 unspecified atom stereocenters. The SMILES string of the molecule is NC(N)NCCC[C@@H](NC(=O)[C@H](CSCc1ccccc1)NC(=O)Cc1ccc(-c2ccccc2)cc1)C(=O)N[C@@H](Cc1ccc(O)cc1)C(=O)NCCc1ccccc1. The minimum absolute atomic E-state index is 0.0510. The third-order valence-electron chi connectivity index (χ3n) is 9.72. The van der Waals surface area contributed by atoms with Gasteiger partial charge in [-0.15, -0.1) is 0 Å². The van der Waals surface area contributed by atoms with Crippen molar-refractivity contribution in [3.05, 3.63) is 162 Å². The number of thioether (sulfide) groups is 1. The van der Waals surface area contributed by atoms with Gasteiger partial charge in [0.15, 0.2) is 0 Å². The van der Waals surface area contributed by atoms with Crippen molar-refractivity contribution in [3.8, 4) is 16.9 Å². The maximum atomic E-state index is 14.2. The van der Waals surface area contributed by atoms with Crippen LogP contribution in [0.3, 0.4) is 0 Å². The fourth-order valence-corrected chi connectivity index (χ4v) is 7.51. The van der Waals surface area contributed by atoms with Crippen molar-refractivity contribution >= 4 is 35.4 Å². The average Bonchev–Trinajstić information content (AvgIpc) is 3.26. The molecule has 10 N–H and O–H groups in total. The molecule has 0 saturated carbocycles. The average molecular weight is 830 g/mol. The van der Waals surface area contributed by atoms with E-state index in [0.717, 1.165) is 27.8 Å². The summed E-state index contributed by atoms with van der Waals surface area (Å²) in [5.41, 5.74) is 17.1. The van der Waals surface area contributed by atoms with E-state index in [4.69, 9.17) is 11.5 Å². The Morgan fingerprint density at radius 2 is 1.13 bits per heavy atom. The number of benzene rings is 5. The van der Waals surface area contributed by atoms with Gasteiger partial charge in [0.05, 0.1) is 6.42 Å². The predicted molar refractivity (Wildman–Crippen MR) is 238 cm³/mol. The molecule has 5 aromatic rings. The molecule has 0 aliphatic carbocycles. The molecule has 0 aliphatic rings. The first-order valence-corrected chi connectivity index (χ1v) is 21.3. The van der Waals surface area contributed by atoms with Gasteiger partial charge in [0, 0.05) is 24.5 Å². The molecule has 0 heterocycles. The Hall–Kier alpha value is -5.99. The van der Waals surface area contributed by atoms with E-state index in [-0.39, 0.29) is 36.7 Å². The van der Waals surface area contributed by atoms with Crippen molar-refractivity contribution in [1.82, 2.24) is 26.6 Å². The van der Waals surface area contributed by atoms with Gasteiger partial charge in [-0.25, -0.2) is 0 Å². The molecule has 314 valence electrons. The summed E-state index contributed by atoms with van der Waals surface area (Å²) in [6.45, 7) is 0.708. The predicted octanol–water partition coefficient (Wildman–Crippen LogP) is 4.16. The normalized spacial score (nSPS) is 12.5. The first kappa shape index (κ1) is 45.1. The minimum Gasteiger partial charge on any atom is -0.508 e. The van der Waals surface area contributed by atoms with Gasteiger partial charge in [0.2, 0.25) is 23.6 Å². The van der Waals surface area contributed by atoms with Gasteiger partial charge in [0.1, 0.15) is 30.2 Å². The van der Waals surface area contributed by atoms with Crippen LogP contribution in [-0.2, 0) is 44.2 Å². The molecule has 0 bridgehead atoms. The summed E-state index contributed by atoms with van der Waals surface area (Å²) in [7, 11) is 0. The summed E-state index contributed by atoms with van der Waals surface area (Å²) in [4.78, 5) is 55.5. The third-order valence-corrected chi connectivity index (χ3v) is 10.8. The zero-order valence-electron chi connectivity index (χ0n) is 33.6. The molecular weight excluding hydrogens is 775 g/mol. The van der Waals surface area contributed by atoms with Crippen molar-refractivity contribution in [2.75, 3.05) is 18.8 Å². The van der Waals surface area contributed by atoms with Gasteiger partial charge >= 0.3 is 0 Å². The van der Waals surface area contributed by atoms with Crippen LogP contribution in [0.1, 0.15) is 35.1 Å². The number of carbonyl (C=O) groups is 4. The maximum absolute atomic E-state index is 14.2. The Kier molecular flexibility index (Phi) is 18.2. The zero-order valence-corrected chi connectivity index (χ0v) is 34.4. The van der Waals surface area contributed by atoms with E-state index in [2.05, 4.69) is 26.6 Å². The second-order valence-corrected chi connectivity index (χ2v) is 15.5. The standard InChI is InChI=1S/C47H55N7O5S/c48-47(49)51-27-10-17-40(45(58)54-41(29-34-20-24-39(55)25-21-34)44(57)50-28-26-33-11-4-1-5-12-33)53-46(59)42(32-60-31-36-13-6-2-7-14-36)52-43(56)30-35-18-22-38(23-19-35)37-15-8-3-9-16-37/h1-9,11-16,18-25,40-42,47,51,55H,10,17,26-32,48-49H2,(H,50,57)(H,52,56)(H,53,59)(H,54,58)/t40-,41+,42+/m1/s1. The van der Waals surface area contributed by atoms with E-state index in [1.165, 1.54) is 23.9 Å². The van der Waals surface area contributed by atoms with Gasteiger partial charge in [-0.1, -0.05) is 127 Å². The molecule has 4 amide bonds. The molecule has 60 heavy (non-hydrogen) atoms. The van der Waals surface area contributed by atoms with E-state index in [1.807, 2.05) is 115 Å². The highest BCUT2D eigenvalue weighted by Crippen LogP contribution is 2.20. The van der Waals surface area contributed by atoms with Crippen LogP contribution in [0.4, 0.5) is 0 Å². The summed E-state index contributed by atoms with van der Waals surface area (Å²) in [6, 6.07) is 40.6. The summed E-state index contributed by atoms with van der Waals surface area (Å²) in [5, 5.41) is 24.4. The fraction of sp³-hybridized carbons (Fsp3) is 0.277. The van der Waals surface area contributed by atoms with Crippen LogP contribution in [0, 0.1) is 0 Å². The first-order chi connectivity index (χ1) is 29.1. The summed E-state index contributed by atoms with van der Waals surface area (Å²) < 4.78 is 0. The number of rotatable bonds is 23. The lowest BCUT2D eigenvalue weighted by atomic mass is 10.0. The molecular formula is C47H55N7O5S. The van der Waals surface area contributed by atoms with E-state index in [1.54, 1.807) is 12.1 Å². The second kappa shape index (κ2) is 24.2. The van der Waals surface area contributed by atoms with Gasteiger partial charge in [-0.3, -0.25) is 24.5 Å². The number of phenolic OH excluding ortho intramolecular Hbond substituents is 1. The van der Waals surface area contributed by atoms with Gasteiger partial charge < -0.3 is 37.8 Å². The van der Waals surface area contributed by atoms with E-state index in [9.17, 15) is 24.3 Å². The molecule has 0 aliphatic heterocycles. The quantitative estimate of drug-likeness (QED) is 0.0352. The highest BCUT2D eigenvalue weighted by molar-refractivity contribution is 7.98. The highest BCUT2D eigenvalue weighted by Gasteiger charge is 2.30. The lowest BCUT2D eigenvalue weighted by Crippen LogP contribution is -2.58. The molecule has 5 rings (SSSR count). The topological polar surface area (TPSA) is 201 Å². The van der Waals surface area contributed by atoms with Crippen LogP contribution in [0.25, 0.3) is 11.1 Å². The zero-order chi connectivity index (χ0) is 42.5. The van der Waals surface area contributed by atoms with Crippen LogP contribution >= 0.6 is 11.8 Å². The Morgan fingerprint density at radius 1 is 0.567 bits per heavy atom. The molecule has 5 aromatic carbocycles. The second-order valence-electron chi connectivity index (χ2n) is 14.5. The van der Waals surface area contributed by atoms with E-state index in [0.29, 0.717) is 37.2 Å². The Balaban J connectivity index is 1.30. The number of phenols is 1. The number of hydrogen-bond donors (Lipinski definition) is 8. The lowest BCUT2D eigenvalue weighted by Gasteiger charge is -2.26. The monoisotopic (exact) mass is 829 g/mol. The number of hydrogen-bond acceptors (Lipinski definition) is 9. The van der Waals surface area contributed by atoms with Gasteiger partial charge in [0.25, 0.3) is 0 Å². The van der Waals surface area contributed by atoms with Crippen LogP contribution in [0.15, 0.2) is 140 Å². The number of amides is 4. The lowest BCUT2D eigenvalue weighted by molar-refractivity contribution is -0.133. The van der Waals surface area contributed by atoms with Crippen molar-refractivity contribution in [2.45, 2.75) is 62.3 Å². The summed E-state index contributed by atoms with van der Waals surface area (Å²) in [6.07, 6.45) is 0.606. The minimum atomic E-state index is -1.07. The van der Waals surface area contributed by atoms with Crippen LogP contribution in [0.5, 0.6) is 5.75 Å². The third kappa shape index (κ3) is 15.6. The van der Waals surface area contributed by atoms with Crippen molar-refractivity contribution in [2.24, 2.45) is 11.5 Å².